The topological polar surface area (TPSA) is 136 Å². The Labute approximate surface area is 213 Å². The third-order valence-electron chi connectivity index (χ3n) is 5.96. The highest BCUT2D eigenvalue weighted by molar-refractivity contribution is 5.81. The van der Waals surface area contributed by atoms with E-state index in [0.29, 0.717) is 5.92 Å². The number of aromatic nitrogens is 2. The number of amides is 1. The molecule has 3 saturated heterocycles. The van der Waals surface area contributed by atoms with Gasteiger partial charge in [-0.05, 0) is 31.9 Å². The van der Waals surface area contributed by atoms with Gasteiger partial charge in [0.2, 0.25) is 5.95 Å². The summed E-state index contributed by atoms with van der Waals surface area (Å²) in [5, 5.41) is 14.2. The largest absolute Gasteiger partial charge is 0.490 e. The Bertz CT molecular complexity index is 919. The number of carbonyl (C=O) groups excluding carboxylic acids is 1. The highest BCUT2D eigenvalue weighted by Crippen LogP contribution is 2.35. The molecule has 0 radical (unpaired) electrons. The van der Waals surface area contributed by atoms with Gasteiger partial charge in [0, 0.05) is 51.7 Å². The SMILES string of the molecule is CN1CCN(C(=O)[C@H]2C[C@@H]3CCN(c4ncccn4)C[C@@H]3O2)CC1.O=C(O)C(F)(F)F.O=C(O)C(F)(F)F. The number of carboxylic acids is 2. The van der Waals surface area contributed by atoms with Crippen LogP contribution >= 0.6 is 0 Å². The molecule has 4 heterocycles. The quantitative estimate of drug-likeness (QED) is 0.513. The maximum atomic E-state index is 12.7. The van der Waals surface area contributed by atoms with Gasteiger partial charge in [0.25, 0.3) is 5.91 Å². The van der Waals surface area contributed by atoms with Crippen LogP contribution < -0.4 is 4.90 Å². The van der Waals surface area contributed by atoms with E-state index < -0.39 is 24.3 Å². The second-order valence-electron chi connectivity index (χ2n) is 8.68. The molecule has 1 aromatic heterocycles. The number of hydrogen-bond acceptors (Lipinski definition) is 8. The monoisotopic (exact) mass is 559 g/mol. The molecule has 0 saturated carbocycles. The highest BCUT2D eigenvalue weighted by atomic mass is 19.4. The van der Waals surface area contributed by atoms with Gasteiger partial charge in [-0.1, -0.05) is 0 Å². The smallest absolute Gasteiger partial charge is 0.475 e. The third-order valence-corrected chi connectivity index (χ3v) is 5.96. The molecule has 3 atom stereocenters. The summed E-state index contributed by atoms with van der Waals surface area (Å²) in [6.07, 6.45) is -4.88. The van der Waals surface area contributed by atoms with Gasteiger partial charge in [-0.2, -0.15) is 26.3 Å². The van der Waals surface area contributed by atoms with E-state index in [4.69, 9.17) is 24.5 Å². The van der Waals surface area contributed by atoms with Gasteiger partial charge in [-0.3, -0.25) is 4.79 Å². The van der Waals surface area contributed by atoms with Crippen LogP contribution in [0.3, 0.4) is 0 Å². The van der Waals surface area contributed by atoms with E-state index in [9.17, 15) is 31.1 Å². The Kier molecular flexibility index (Phi) is 10.6. The van der Waals surface area contributed by atoms with E-state index in [-0.39, 0.29) is 18.1 Å². The number of carboxylic acid groups (broad SMARTS) is 2. The lowest BCUT2D eigenvalue weighted by Crippen LogP contribution is -2.50. The molecule has 3 aliphatic rings. The number of rotatable bonds is 2. The summed E-state index contributed by atoms with van der Waals surface area (Å²) < 4.78 is 69.6. The van der Waals surface area contributed by atoms with Crippen molar-refractivity contribution in [3.8, 4) is 0 Å². The number of anilines is 1. The van der Waals surface area contributed by atoms with Crippen LogP contribution in [0.4, 0.5) is 32.3 Å². The first-order chi connectivity index (χ1) is 17.6. The van der Waals surface area contributed by atoms with Crippen LogP contribution in [0.25, 0.3) is 0 Å². The minimum Gasteiger partial charge on any atom is -0.475 e. The fourth-order valence-corrected chi connectivity index (χ4v) is 3.96. The standard InChI is InChI=1S/C17H25N5O2.2C2HF3O2/c1-20-7-9-21(10-8-20)16(23)14-11-13-3-6-22(12-15(13)24-14)17-18-4-2-5-19-17;2*3-2(4,5)1(6)7/h2,4-5,13-15H,3,6-12H2,1H3;2*(H,6,7)/t13-,14+,15-;;/m0../s1. The minimum atomic E-state index is -5.08. The van der Waals surface area contributed by atoms with Crippen LogP contribution in [0.5, 0.6) is 0 Å². The Morgan fingerprint density at radius 2 is 1.42 bits per heavy atom. The first kappa shape index (κ1) is 31.0. The molecule has 0 bridgehead atoms. The molecule has 0 unspecified atom stereocenters. The summed E-state index contributed by atoms with van der Waals surface area (Å²) in [6, 6.07) is 1.83. The number of aliphatic carboxylic acids is 2. The molecule has 3 fully saturated rings. The van der Waals surface area contributed by atoms with Crippen molar-refractivity contribution in [1.29, 1.82) is 0 Å². The van der Waals surface area contributed by atoms with Crippen LogP contribution in [0.2, 0.25) is 0 Å². The lowest BCUT2D eigenvalue weighted by atomic mass is 9.91. The van der Waals surface area contributed by atoms with Gasteiger partial charge in [-0.25, -0.2) is 19.6 Å². The Balaban J connectivity index is 0.000000301. The highest BCUT2D eigenvalue weighted by Gasteiger charge is 2.44. The van der Waals surface area contributed by atoms with Crippen molar-refractivity contribution in [2.24, 2.45) is 5.92 Å². The van der Waals surface area contributed by atoms with E-state index in [0.717, 1.165) is 58.1 Å². The summed E-state index contributed by atoms with van der Waals surface area (Å²) in [6.45, 7) is 5.24. The van der Waals surface area contributed by atoms with Gasteiger partial charge >= 0.3 is 24.3 Å². The first-order valence-electron chi connectivity index (χ1n) is 11.3. The number of piperidine rings is 1. The lowest BCUT2D eigenvalue weighted by molar-refractivity contribution is -0.193. The molecule has 214 valence electrons. The summed E-state index contributed by atoms with van der Waals surface area (Å²) >= 11 is 0. The van der Waals surface area contributed by atoms with E-state index in [2.05, 4.69) is 26.8 Å². The molecule has 11 nitrogen and oxygen atoms in total. The number of nitrogens with zero attached hydrogens (tertiary/aromatic N) is 5. The predicted octanol–water partition coefficient (Wildman–Crippen LogP) is 1.50. The van der Waals surface area contributed by atoms with Crippen molar-refractivity contribution in [3.63, 3.8) is 0 Å². The molecular formula is C21H27F6N5O6. The van der Waals surface area contributed by atoms with Gasteiger partial charge in [0.1, 0.15) is 6.10 Å². The van der Waals surface area contributed by atoms with Crippen molar-refractivity contribution >= 4 is 23.8 Å². The number of piperazine rings is 1. The zero-order valence-corrected chi connectivity index (χ0v) is 20.2. The molecular weight excluding hydrogens is 532 g/mol. The van der Waals surface area contributed by atoms with E-state index in [1.54, 1.807) is 12.4 Å². The first-order valence-corrected chi connectivity index (χ1v) is 11.3. The number of fused-ring (bicyclic) bond motifs is 1. The van der Waals surface area contributed by atoms with Gasteiger partial charge < -0.3 is 29.6 Å². The number of alkyl halides is 6. The molecule has 0 spiro atoms. The molecule has 3 aliphatic heterocycles. The van der Waals surface area contributed by atoms with Crippen LogP contribution in [0, 0.1) is 5.92 Å². The van der Waals surface area contributed by atoms with Crippen molar-refractivity contribution < 1.29 is 55.7 Å². The number of halogens is 6. The third kappa shape index (κ3) is 9.27. The average Bonchev–Trinajstić information content (AvgIpc) is 3.28. The Morgan fingerprint density at radius 3 is 1.89 bits per heavy atom. The van der Waals surface area contributed by atoms with Crippen molar-refractivity contribution in [3.05, 3.63) is 18.5 Å². The second kappa shape index (κ2) is 13.0. The molecule has 2 N–H and O–H groups in total. The maximum Gasteiger partial charge on any atom is 0.490 e. The Morgan fingerprint density at radius 1 is 0.921 bits per heavy atom. The van der Waals surface area contributed by atoms with Gasteiger partial charge in [-0.15, -0.1) is 0 Å². The number of ether oxygens (including phenoxy) is 1. The zero-order valence-electron chi connectivity index (χ0n) is 20.2. The molecule has 38 heavy (non-hydrogen) atoms. The van der Waals surface area contributed by atoms with Crippen LogP contribution in [-0.4, -0.2) is 119 Å². The fourth-order valence-electron chi connectivity index (χ4n) is 3.96. The Hall–Kier alpha value is -3.21. The molecule has 1 amide bonds. The van der Waals surface area contributed by atoms with E-state index >= 15 is 0 Å². The molecule has 1 aromatic rings. The summed E-state index contributed by atoms with van der Waals surface area (Å²) in [5.74, 6) is -4.10. The fraction of sp³-hybridized carbons (Fsp3) is 0.667. The summed E-state index contributed by atoms with van der Waals surface area (Å²) in [5.41, 5.74) is 0. The molecule has 4 rings (SSSR count). The van der Waals surface area contributed by atoms with E-state index in [1.165, 1.54) is 0 Å². The van der Waals surface area contributed by atoms with Crippen molar-refractivity contribution in [2.75, 3.05) is 51.2 Å². The molecule has 0 aromatic carbocycles. The predicted molar refractivity (Wildman–Crippen MR) is 117 cm³/mol. The minimum absolute atomic E-state index is 0.115. The second-order valence-corrected chi connectivity index (χ2v) is 8.68. The zero-order chi connectivity index (χ0) is 28.7. The number of hydrogen-bond donors (Lipinski definition) is 2. The average molecular weight is 559 g/mol. The maximum absolute atomic E-state index is 12.7. The van der Waals surface area contributed by atoms with Crippen LogP contribution in [0.1, 0.15) is 12.8 Å². The summed E-state index contributed by atoms with van der Waals surface area (Å²) in [7, 11) is 2.10. The van der Waals surface area contributed by atoms with Gasteiger partial charge in [0.05, 0.1) is 6.10 Å². The summed E-state index contributed by atoms with van der Waals surface area (Å²) in [4.78, 5) is 45.6. The molecule has 0 aliphatic carbocycles. The van der Waals surface area contributed by atoms with Crippen molar-refractivity contribution in [1.82, 2.24) is 19.8 Å². The van der Waals surface area contributed by atoms with E-state index in [1.807, 2.05) is 11.0 Å². The number of likely N-dealkylation sites (N-methyl/N-ethyl adjacent to an activating group) is 1. The lowest BCUT2D eigenvalue weighted by Gasteiger charge is -2.34. The van der Waals surface area contributed by atoms with Crippen molar-refractivity contribution in [2.45, 2.75) is 37.4 Å². The van der Waals surface area contributed by atoms with Crippen LogP contribution in [0.15, 0.2) is 18.5 Å². The number of carbonyl (C=O) groups is 3. The normalized spacial score (nSPS) is 23.8. The van der Waals surface area contributed by atoms with Gasteiger partial charge in [0.15, 0.2) is 0 Å². The molecule has 17 heteroatoms. The van der Waals surface area contributed by atoms with Crippen LogP contribution in [-0.2, 0) is 19.1 Å².